The van der Waals surface area contributed by atoms with Crippen molar-refractivity contribution in [2.45, 2.75) is 157 Å². The highest BCUT2D eigenvalue weighted by Gasteiger charge is 2.55. The second kappa shape index (κ2) is 12.2. The quantitative estimate of drug-likeness (QED) is 0.312. The van der Waals surface area contributed by atoms with Crippen LogP contribution in [0.3, 0.4) is 0 Å². The van der Waals surface area contributed by atoms with Crippen LogP contribution >= 0.6 is 0 Å². The predicted molar refractivity (Wildman–Crippen MR) is 161 cm³/mol. The van der Waals surface area contributed by atoms with E-state index in [4.69, 9.17) is 0 Å². The van der Waals surface area contributed by atoms with E-state index in [1.807, 2.05) is 0 Å². The Kier molecular flexibility index (Phi) is 9.44. The molecule has 13 atom stereocenters. The van der Waals surface area contributed by atoms with Crippen LogP contribution in [0.25, 0.3) is 0 Å². The maximum absolute atomic E-state index is 2.69. The highest BCUT2D eigenvalue weighted by molar-refractivity contribution is 5.05. The summed E-state index contributed by atoms with van der Waals surface area (Å²) in [5.41, 5.74) is 0.753. The standard InChI is InChI=1S/C37H66/c1-7-8-9-30-11-13-31-15-16-34-22-33(21-28(5)35-17-10-25(2)26(3)20-27(35)4)36-24-37(34,23-29(36)6)19-18-32(31)14-12-30/h25-36H,7-24H2,1-6H3. The summed E-state index contributed by atoms with van der Waals surface area (Å²) in [5, 5.41) is 0. The smallest absolute Gasteiger partial charge is 0.0263 e. The Labute approximate surface area is 233 Å². The third kappa shape index (κ3) is 6.19. The molecule has 0 nitrogen and oxygen atoms in total. The van der Waals surface area contributed by atoms with E-state index in [-0.39, 0.29) is 0 Å². The lowest BCUT2D eigenvalue weighted by Gasteiger charge is -2.48. The Morgan fingerprint density at radius 3 is 2.19 bits per heavy atom. The minimum Gasteiger partial charge on any atom is -0.0654 e. The maximum atomic E-state index is 2.69. The molecule has 37 heavy (non-hydrogen) atoms. The first-order valence-corrected chi connectivity index (χ1v) is 17.8. The minimum absolute atomic E-state index is 0.753. The molecule has 0 N–H and O–H groups in total. The molecule has 1 spiro atoms. The van der Waals surface area contributed by atoms with E-state index in [1.165, 1.54) is 38.5 Å². The van der Waals surface area contributed by atoms with Crippen LogP contribution in [0.2, 0.25) is 0 Å². The minimum atomic E-state index is 0.753. The van der Waals surface area contributed by atoms with E-state index in [1.54, 1.807) is 77.0 Å². The zero-order chi connectivity index (χ0) is 26.2. The Bertz CT molecular complexity index is 709. The van der Waals surface area contributed by atoms with Crippen molar-refractivity contribution in [1.82, 2.24) is 0 Å². The molecule has 0 aromatic carbocycles. The van der Waals surface area contributed by atoms with Crippen molar-refractivity contribution in [1.29, 1.82) is 0 Å². The van der Waals surface area contributed by atoms with Crippen LogP contribution in [0.4, 0.5) is 0 Å². The second-order valence-corrected chi connectivity index (χ2v) is 16.5. The van der Waals surface area contributed by atoms with Gasteiger partial charge in [0, 0.05) is 0 Å². The zero-order valence-electron chi connectivity index (χ0n) is 26.2. The third-order valence-electron chi connectivity index (χ3n) is 14.4. The van der Waals surface area contributed by atoms with Crippen molar-refractivity contribution in [3.63, 3.8) is 0 Å². The van der Waals surface area contributed by atoms with Gasteiger partial charge in [0.05, 0.1) is 0 Å². The van der Waals surface area contributed by atoms with Gasteiger partial charge in [0.1, 0.15) is 0 Å². The molecule has 0 aromatic heterocycles. The third-order valence-corrected chi connectivity index (χ3v) is 14.4. The highest BCUT2D eigenvalue weighted by atomic mass is 14.6. The van der Waals surface area contributed by atoms with Gasteiger partial charge in [-0.1, -0.05) is 80.1 Å². The van der Waals surface area contributed by atoms with Crippen LogP contribution < -0.4 is 0 Å². The van der Waals surface area contributed by atoms with Crippen LogP contribution in [0.1, 0.15) is 157 Å². The fourth-order valence-electron chi connectivity index (χ4n) is 11.9. The Balaban J connectivity index is 1.23. The van der Waals surface area contributed by atoms with E-state index >= 15 is 0 Å². The number of hydrogen-bond donors (Lipinski definition) is 0. The molecule has 0 radical (unpaired) electrons. The fourth-order valence-corrected chi connectivity index (χ4v) is 11.9. The Morgan fingerprint density at radius 2 is 1.43 bits per heavy atom. The molecule has 0 aromatic rings. The first kappa shape index (κ1) is 28.5. The molecule has 5 aliphatic carbocycles. The maximum Gasteiger partial charge on any atom is -0.0263 e. The van der Waals surface area contributed by atoms with Gasteiger partial charge in [0.15, 0.2) is 0 Å². The first-order chi connectivity index (χ1) is 17.8. The van der Waals surface area contributed by atoms with Crippen LogP contribution in [0.5, 0.6) is 0 Å². The monoisotopic (exact) mass is 511 g/mol. The lowest BCUT2D eigenvalue weighted by atomic mass is 9.57. The normalized spacial score (nSPS) is 49.6. The summed E-state index contributed by atoms with van der Waals surface area (Å²) >= 11 is 0. The van der Waals surface area contributed by atoms with Crippen molar-refractivity contribution in [2.24, 2.45) is 76.4 Å². The van der Waals surface area contributed by atoms with Gasteiger partial charge in [0.2, 0.25) is 0 Å². The summed E-state index contributed by atoms with van der Waals surface area (Å²) in [7, 11) is 0. The number of hydrogen-bond acceptors (Lipinski definition) is 0. The average Bonchev–Trinajstić information content (AvgIpc) is 2.94. The molecule has 5 rings (SSSR count). The average molecular weight is 511 g/mol. The van der Waals surface area contributed by atoms with Crippen LogP contribution in [-0.4, -0.2) is 0 Å². The SMILES string of the molecule is CCCCC1CCC2CCC3CC(CC(C)C4CCC(C)C(C)CC4C)C4CC3(CCC2CC1)CC4C. The van der Waals surface area contributed by atoms with Crippen LogP contribution in [0.15, 0.2) is 0 Å². The molecular formula is C37H66. The Morgan fingerprint density at radius 1 is 0.703 bits per heavy atom. The molecule has 13 unspecified atom stereocenters. The van der Waals surface area contributed by atoms with E-state index < -0.39 is 0 Å². The van der Waals surface area contributed by atoms with Crippen molar-refractivity contribution < 1.29 is 0 Å². The Hall–Kier alpha value is 0. The van der Waals surface area contributed by atoms with Crippen LogP contribution in [-0.2, 0) is 0 Å². The number of fused-ring (bicyclic) bond motifs is 2. The van der Waals surface area contributed by atoms with Gasteiger partial charge < -0.3 is 0 Å². The summed E-state index contributed by atoms with van der Waals surface area (Å²) in [6.07, 6.45) is 27.9. The summed E-state index contributed by atoms with van der Waals surface area (Å²) in [6, 6.07) is 0. The van der Waals surface area contributed by atoms with Crippen molar-refractivity contribution >= 4 is 0 Å². The molecule has 2 bridgehead atoms. The van der Waals surface area contributed by atoms with Crippen molar-refractivity contribution in [2.75, 3.05) is 0 Å². The second-order valence-electron chi connectivity index (χ2n) is 16.5. The molecule has 0 saturated heterocycles. The molecule has 0 amide bonds. The van der Waals surface area contributed by atoms with Gasteiger partial charge >= 0.3 is 0 Å². The van der Waals surface area contributed by atoms with Gasteiger partial charge in [-0.3, -0.25) is 0 Å². The first-order valence-electron chi connectivity index (χ1n) is 17.8. The summed E-state index contributed by atoms with van der Waals surface area (Å²) in [5.74, 6) is 12.1. The number of rotatable bonds is 6. The lowest BCUT2D eigenvalue weighted by Crippen LogP contribution is -2.39. The van der Waals surface area contributed by atoms with E-state index in [9.17, 15) is 0 Å². The van der Waals surface area contributed by atoms with Crippen LogP contribution in [0, 0.1) is 76.4 Å². The molecule has 0 aliphatic heterocycles. The number of unbranched alkanes of at least 4 members (excludes halogenated alkanes) is 1. The topological polar surface area (TPSA) is 0 Å². The lowest BCUT2D eigenvalue weighted by molar-refractivity contribution is 0.0164. The summed E-state index contributed by atoms with van der Waals surface area (Å²) in [4.78, 5) is 0. The van der Waals surface area contributed by atoms with Crippen molar-refractivity contribution in [3.05, 3.63) is 0 Å². The van der Waals surface area contributed by atoms with E-state index in [0.717, 1.165) is 76.4 Å². The predicted octanol–water partition coefficient (Wildman–Crippen LogP) is 11.6. The summed E-state index contributed by atoms with van der Waals surface area (Å²) in [6.45, 7) is 15.4. The van der Waals surface area contributed by atoms with Crippen molar-refractivity contribution in [3.8, 4) is 0 Å². The zero-order valence-corrected chi connectivity index (χ0v) is 26.2. The molecule has 5 aliphatic rings. The van der Waals surface area contributed by atoms with Gasteiger partial charge in [-0.15, -0.1) is 0 Å². The van der Waals surface area contributed by atoms with Gasteiger partial charge in [-0.05, 0) is 153 Å². The van der Waals surface area contributed by atoms with E-state index in [2.05, 4.69) is 41.5 Å². The molecule has 0 heteroatoms. The molecule has 0 heterocycles. The largest absolute Gasteiger partial charge is 0.0654 e. The molecule has 5 fully saturated rings. The molecule has 214 valence electrons. The van der Waals surface area contributed by atoms with Gasteiger partial charge in [-0.2, -0.15) is 0 Å². The fraction of sp³-hybridized carbons (Fsp3) is 1.00. The molecule has 5 saturated carbocycles. The van der Waals surface area contributed by atoms with Gasteiger partial charge in [-0.25, -0.2) is 0 Å². The highest BCUT2D eigenvalue weighted by Crippen LogP contribution is 2.65. The van der Waals surface area contributed by atoms with E-state index in [0.29, 0.717) is 0 Å². The van der Waals surface area contributed by atoms with Gasteiger partial charge in [0.25, 0.3) is 0 Å². The molecular weight excluding hydrogens is 444 g/mol. The summed E-state index contributed by atoms with van der Waals surface area (Å²) < 4.78 is 0.